The molecule has 0 saturated carbocycles. The van der Waals surface area contributed by atoms with Gasteiger partial charge >= 0.3 is 11.9 Å². The number of hydrogen-bond donors (Lipinski definition) is 2. The molecule has 3 rings (SSSR count). The van der Waals surface area contributed by atoms with Crippen LogP contribution in [0.3, 0.4) is 0 Å². The van der Waals surface area contributed by atoms with Gasteiger partial charge in [-0.15, -0.1) is 0 Å². The van der Waals surface area contributed by atoms with E-state index < -0.39 is 17.6 Å². The second-order valence-corrected chi connectivity index (χ2v) is 6.43. The highest BCUT2D eigenvalue weighted by Gasteiger charge is 2.29. The van der Waals surface area contributed by atoms with E-state index in [1.807, 2.05) is 0 Å². The van der Waals surface area contributed by atoms with Crippen molar-refractivity contribution >= 4 is 39.5 Å². The molecule has 1 heterocycles. The molecule has 7 nitrogen and oxygen atoms in total. The minimum atomic E-state index is -1.42. The van der Waals surface area contributed by atoms with Crippen molar-refractivity contribution in [2.45, 2.75) is 0 Å². The Kier molecular flexibility index (Phi) is 5.81. The van der Waals surface area contributed by atoms with E-state index in [2.05, 4.69) is 21.0 Å². The summed E-state index contributed by atoms with van der Waals surface area (Å²) in [5, 5.41) is 23.4. The zero-order valence-corrected chi connectivity index (χ0v) is 15.3. The highest BCUT2D eigenvalue weighted by Crippen LogP contribution is 2.31. The normalized spacial score (nSPS) is 10.2. The van der Waals surface area contributed by atoms with Crippen LogP contribution in [0.2, 0.25) is 5.02 Å². The van der Waals surface area contributed by atoms with Crippen LogP contribution in [-0.4, -0.2) is 37.4 Å². The van der Waals surface area contributed by atoms with Gasteiger partial charge in [0.05, 0.1) is 11.4 Å². The Morgan fingerprint density at radius 2 is 1.69 bits per heavy atom. The smallest absolute Gasteiger partial charge is 0.357 e. The summed E-state index contributed by atoms with van der Waals surface area (Å²) in [5.41, 5.74) is 0.223. The van der Waals surface area contributed by atoms with Crippen LogP contribution in [-0.2, 0) is 0 Å². The highest BCUT2D eigenvalue weighted by molar-refractivity contribution is 9.10. The van der Waals surface area contributed by atoms with Crippen LogP contribution in [0, 0.1) is 0 Å². The Labute approximate surface area is 160 Å². The number of nitrogens with zero attached hydrogens (tertiary/aromatic N) is 2. The number of carbonyl (C=O) groups is 2. The van der Waals surface area contributed by atoms with Gasteiger partial charge < -0.3 is 15.7 Å². The summed E-state index contributed by atoms with van der Waals surface area (Å²) >= 11 is 9.32. The maximum absolute atomic E-state index is 11.7. The lowest BCUT2D eigenvalue weighted by Crippen LogP contribution is -2.07. The fraction of sp³-hybridized carbons (Fsp3) is 0. The third-order valence-corrected chi connectivity index (χ3v) is 4.24. The van der Waals surface area contributed by atoms with Crippen molar-refractivity contribution in [3.8, 4) is 16.9 Å². The summed E-state index contributed by atoms with van der Waals surface area (Å²) < 4.78 is 2.09. The molecule has 0 spiro atoms. The van der Waals surface area contributed by atoms with E-state index in [1.165, 1.54) is 4.68 Å². The summed E-state index contributed by atoms with van der Waals surface area (Å²) in [6.07, 6.45) is 0. The van der Waals surface area contributed by atoms with Crippen LogP contribution in [0.4, 0.5) is 0 Å². The first-order valence-corrected chi connectivity index (χ1v) is 8.17. The zero-order valence-electron chi connectivity index (χ0n) is 13.0. The number of rotatable bonds is 4. The van der Waals surface area contributed by atoms with Crippen molar-refractivity contribution in [2.24, 2.45) is 0 Å². The highest BCUT2D eigenvalue weighted by atomic mass is 79.9. The molecule has 2 aromatic carbocycles. The van der Waals surface area contributed by atoms with Gasteiger partial charge in [0.15, 0.2) is 5.69 Å². The number of aromatic carboxylic acids is 2. The van der Waals surface area contributed by atoms with Gasteiger partial charge in [-0.2, -0.15) is 5.10 Å². The number of benzene rings is 2. The van der Waals surface area contributed by atoms with Crippen LogP contribution in [0.25, 0.3) is 16.9 Å². The maximum Gasteiger partial charge on any atom is 0.357 e. The van der Waals surface area contributed by atoms with Crippen LogP contribution in [0.15, 0.2) is 53.0 Å². The molecule has 0 amide bonds. The lowest BCUT2D eigenvalue weighted by Gasteiger charge is -2.09. The van der Waals surface area contributed by atoms with Crippen molar-refractivity contribution in [3.63, 3.8) is 0 Å². The Morgan fingerprint density at radius 1 is 1.04 bits per heavy atom. The summed E-state index contributed by atoms with van der Waals surface area (Å²) in [6.45, 7) is 0. The number of carboxylic acid groups (broad SMARTS) is 2. The first-order valence-electron chi connectivity index (χ1n) is 7.00. The average Bonchev–Trinajstić information content (AvgIpc) is 2.96. The quantitative estimate of drug-likeness (QED) is 0.643. The third kappa shape index (κ3) is 3.62. The second-order valence-electron chi connectivity index (χ2n) is 5.08. The summed E-state index contributed by atoms with van der Waals surface area (Å²) in [5.74, 6) is -2.79. The van der Waals surface area contributed by atoms with E-state index >= 15 is 0 Å². The van der Waals surface area contributed by atoms with Gasteiger partial charge in [-0.05, 0) is 30.3 Å². The van der Waals surface area contributed by atoms with Gasteiger partial charge in [-0.1, -0.05) is 45.7 Å². The Morgan fingerprint density at radius 3 is 2.23 bits per heavy atom. The third-order valence-electron chi connectivity index (χ3n) is 3.47. The molecule has 134 valence electrons. The Bertz CT molecular complexity index is 985. The molecular weight excluding hydrogens is 428 g/mol. The van der Waals surface area contributed by atoms with Gasteiger partial charge in [-0.3, -0.25) is 0 Å². The standard InChI is InChI=1S/C17H10BrClN2O4.H2O/c18-10-6-4-9(5-7-10)15-13(16(22)23)14(17(24)25)20-21(15)12-3-1-2-11(19)8-12;/h1-8H,(H,22,23)(H,24,25);1H2. The lowest BCUT2D eigenvalue weighted by atomic mass is 10.1. The van der Waals surface area contributed by atoms with Crippen molar-refractivity contribution in [3.05, 3.63) is 69.3 Å². The summed E-state index contributed by atoms with van der Waals surface area (Å²) in [6, 6.07) is 13.4. The minimum Gasteiger partial charge on any atom is -0.478 e. The SMILES string of the molecule is O.O=C(O)c1nn(-c2cccc(Cl)c2)c(-c2ccc(Br)cc2)c1C(=O)O. The summed E-state index contributed by atoms with van der Waals surface area (Å²) in [4.78, 5) is 23.2. The maximum atomic E-state index is 11.7. The Balaban J connectivity index is 0.00000243. The van der Waals surface area contributed by atoms with E-state index in [4.69, 9.17) is 11.6 Å². The van der Waals surface area contributed by atoms with E-state index in [0.717, 1.165) is 4.47 Å². The van der Waals surface area contributed by atoms with Gasteiger partial charge in [0, 0.05) is 15.1 Å². The predicted octanol–water partition coefficient (Wildman–Crippen LogP) is 3.53. The topological polar surface area (TPSA) is 124 Å². The molecule has 1 aromatic heterocycles. The lowest BCUT2D eigenvalue weighted by molar-refractivity contribution is 0.0648. The number of halogens is 2. The number of carboxylic acids is 2. The van der Waals surface area contributed by atoms with Crippen LogP contribution >= 0.6 is 27.5 Å². The molecule has 0 aliphatic carbocycles. The van der Waals surface area contributed by atoms with Gasteiger partial charge in [0.25, 0.3) is 0 Å². The minimum absolute atomic E-state index is 0. The van der Waals surface area contributed by atoms with Crippen LogP contribution in [0.5, 0.6) is 0 Å². The van der Waals surface area contributed by atoms with Crippen molar-refractivity contribution in [1.29, 1.82) is 0 Å². The Hall–Kier alpha value is -2.68. The van der Waals surface area contributed by atoms with Crippen molar-refractivity contribution in [2.75, 3.05) is 0 Å². The van der Waals surface area contributed by atoms with Gasteiger partial charge in [0.1, 0.15) is 5.56 Å². The van der Waals surface area contributed by atoms with E-state index in [1.54, 1.807) is 48.5 Å². The van der Waals surface area contributed by atoms with Crippen LogP contribution in [0.1, 0.15) is 20.8 Å². The molecule has 3 aromatic rings. The monoisotopic (exact) mass is 438 g/mol. The molecule has 26 heavy (non-hydrogen) atoms. The largest absolute Gasteiger partial charge is 0.478 e. The van der Waals surface area contributed by atoms with Gasteiger partial charge in [0.2, 0.25) is 0 Å². The second kappa shape index (κ2) is 7.69. The molecule has 0 atom stereocenters. The van der Waals surface area contributed by atoms with E-state index in [9.17, 15) is 19.8 Å². The molecule has 0 fully saturated rings. The first kappa shape index (κ1) is 19.6. The molecule has 0 aliphatic heterocycles. The number of hydrogen-bond acceptors (Lipinski definition) is 3. The predicted molar refractivity (Wildman–Crippen MR) is 99.2 cm³/mol. The first-order chi connectivity index (χ1) is 11.9. The molecule has 0 aliphatic rings. The van der Waals surface area contributed by atoms with Crippen molar-refractivity contribution in [1.82, 2.24) is 9.78 Å². The molecule has 0 bridgehead atoms. The van der Waals surface area contributed by atoms with Crippen LogP contribution < -0.4 is 0 Å². The molecule has 0 unspecified atom stereocenters. The average molecular weight is 440 g/mol. The number of aromatic nitrogens is 2. The molecule has 0 radical (unpaired) electrons. The molecule has 0 saturated heterocycles. The van der Waals surface area contributed by atoms with Gasteiger partial charge in [-0.25, -0.2) is 14.3 Å². The molecule has 9 heteroatoms. The van der Waals surface area contributed by atoms with Crippen molar-refractivity contribution < 1.29 is 25.3 Å². The zero-order chi connectivity index (χ0) is 18.1. The molecular formula is C17H12BrClN2O5. The summed E-state index contributed by atoms with van der Waals surface area (Å²) in [7, 11) is 0. The molecule has 4 N–H and O–H groups in total. The fourth-order valence-corrected chi connectivity index (χ4v) is 2.89. The van der Waals surface area contributed by atoms with E-state index in [-0.39, 0.29) is 16.7 Å². The van der Waals surface area contributed by atoms with E-state index in [0.29, 0.717) is 16.3 Å². The fourth-order valence-electron chi connectivity index (χ4n) is 2.44.